The molecular weight excluding hydrogens is 832 g/mol. The molecule has 0 aliphatic heterocycles. The molecule has 0 bridgehead atoms. The van der Waals surface area contributed by atoms with E-state index in [1.807, 2.05) is 12.3 Å². The molecule has 53 heavy (non-hydrogen) atoms. The van der Waals surface area contributed by atoms with Gasteiger partial charge in [0.2, 0.25) is 0 Å². The van der Waals surface area contributed by atoms with Crippen molar-refractivity contribution >= 4 is 21.8 Å². The average Bonchev–Trinajstić information content (AvgIpc) is 3.63. The first-order valence-electron chi connectivity index (χ1n) is 19.5. The molecule has 3 heterocycles. The van der Waals surface area contributed by atoms with Gasteiger partial charge in [0.1, 0.15) is 5.82 Å². The fourth-order valence-corrected chi connectivity index (χ4v) is 8.53. The number of hydrogen-bond acceptors (Lipinski definition) is 3. The molecule has 0 fully saturated rings. The molecule has 7 rings (SSSR count). The number of aromatic nitrogens is 4. The Bertz CT molecular complexity index is 2260. The van der Waals surface area contributed by atoms with Gasteiger partial charge in [-0.05, 0) is 84.7 Å². The van der Waals surface area contributed by atoms with Gasteiger partial charge in [-0.25, -0.2) is 4.98 Å². The minimum atomic E-state index is 0. The third-order valence-electron chi connectivity index (χ3n) is 10.9. The Morgan fingerprint density at radius 3 is 2.32 bits per heavy atom. The summed E-state index contributed by atoms with van der Waals surface area (Å²) in [5.41, 5.74) is 10.9. The van der Waals surface area contributed by atoms with Gasteiger partial charge in [0.05, 0.1) is 5.69 Å². The number of allylic oxidation sites excluding steroid dienone is 2. The summed E-state index contributed by atoms with van der Waals surface area (Å²) < 4.78 is 11.2. The van der Waals surface area contributed by atoms with Crippen LogP contribution in [-0.2, 0) is 33.9 Å². The van der Waals surface area contributed by atoms with Crippen molar-refractivity contribution in [2.45, 2.75) is 112 Å². The van der Waals surface area contributed by atoms with Crippen LogP contribution in [0.25, 0.3) is 33.3 Å². The van der Waals surface area contributed by atoms with Crippen molar-refractivity contribution in [3.63, 3.8) is 0 Å². The number of hydrogen-bond donors (Lipinski definition) is 0. The molecule has 3 aromatic carbocycles. The number of aryl methyl sites for hydroxylation is 1. The van der Waals surface area contributed by atoms with Crippen LogP contribution in [0, 0.1) is 24.0 Å². The SMILES string of the molecule is CCCc1nn(-c2[c-]c(Oc3[c-]c4c(cc3)c3ccccc3n4-c3cc(C(C)C)ccn3)cc(C(C)C)c2)c(CCC)c1C1C(C)=C[C@H](C)C[C@@H]1C.[Pt+2]. The zero-order valence-corrected chi connectivity index (χ0v) is 35.1. The van der Waals surface area contributed by atoms with Gasteiger partial charge < -0.3 is 9.30 Å². The van der Waals surface area contributed by atoms with Crippen LogP contribution >= 0.6 is 0 Å². The van der Waals surface area contributed by atoms with Crippen molar-refractivity contribution < 1.29 is 25.8 Å². The van der Waals surface area contributed by atoms with Gasteiger partial charge in [0.15, 0.2) is 0 Å². The maximum Gasteiger partial charge on any atom is 2.00 e. The number of pyridine rings is 1. The topological polar surface area (TPSA) is 44.9 Å². The van der Waals surface area contributed by atoms with Crippen LogP contribution < -0.4 is 4.74 Å². The second-order valence-electron chi connectivity index (χ2n) is 15.8. The standard InChI is InChI=1S/C47H54N4O.Pt/c1-10-14-41-47(46-32(8)22-31(7)23-33(46)9)43(15-11-2)51(49-41)36-24-35(30(5)6)25-38(27-36)52-37-18-19-40-39-16-12-13-17-42(39)50(44(40)28-37)45-26-34(29(3)4)20-21-48-45;/h12-13,16-22,24-26,29-31,33,46H,10-11,14-15,23H2,1-9H3;/q-2;+2/t31-,33-,46?;/m0./s1. The molecule has 278 valence electrons. The minimum absolute atomic E-state index is 0. The quantitative estimate of drug-likeness (QED) is 0.0962. The Hall–Kier alpha value is -3.95. The Kier molecular flexibility index (Phi) is 11.8. The number of para-hydroxylation sites is 1. The summed E-state index contributed by atoms with van der Waals surface area (Å²) in [5, 5.41) is 7.70. The first kappa shape index (κ1) is 38.8. The Balaban J connectivity index is 0.00000481. The molecule has 0 N–H and O–H groups in total. The van der Waals surface area contributed by atoms with E-state index in [0.29, 0.717) is 41.1 Å². The second kappa shape index (κ2) is 16.2. The molecule has 0 radical (unpaired) electrons. The van der Waals surface area contributed by atoms with E-state index >= 15 is 0 Å². The van der Waals surface area contributed by atoms with Gasteiger partial charge in [0.25, 0.3) is 0 Å². The molecule has 5 nitrogen and oxygen atoms in total. The van der Waals surface area contributed by atoms with Crippen LogP contribution in [0.1, 0.15) is 127 Å². The third kappa shape index (κ3) is 7.57. The average molecular weight is 886 g/mol. The summed E-state index contributed by atoms with van der Waals surface area (Å²) in [5.74, 6) is 4.47. The van der Waals surface area contributed by atoms with Gasteiger partial charge in [-0.15, -0.1) is 41.3 Å². The maximum atomic E-state index is 6.74. The number of nitrogens with zero attached hydrogens (tertiary/aromatic N) is 4. The third-order valence-corrected chi connectivity index (χ3v) is 10.9. The Labute approximate surface area is 331 Å². The van der Waals surface area contributed by atoms with Crippen LogP contribution in [0.5, 0.6) is 11.5 Å². The molecule has 3 aromatic heterocycles. The molecule has 6 heteroatoms. The van der Waals surface area contributed by atoms with Crippen LogP contribution in [0.2, 0.25) is 0 Å². The molecule has 6 aromatic rings. The number of benzene rings is 3. The molecule has 0 amide bonds. The summed E-state index contributed by atoms with van der Waals surface area (Å²) >= 11 is 0. The zero-order chi connectivity index (χ0) is 36.7. The second-order valence-corrected chi connectivity index (χ2v) is 15.8. The number of fused-ring (bicyclic) bond motifs is 3. The van der Waals surface area contributed by atoms with Crippen LogP contribution in [0.4, 0.5) is 0 Å². The summed E-state index contributed by atoms with van der Waals surface area (Å²) in [6, 6.07) is 28.7. The van der Waals surface area contributed by atoms with Gasteiger partial charge in [-0.1, -0.05) is 104 Å². The van der Waals surface area contributed by atoms with Crippen LogP contribution in [0.15, 0.2) is 78.5 Å². The van der Waals surface area contributed by atoms with Crippen molar-refractivity contribution in [3.8, 4) is 23.0 Å². The van der Waals surface area contributed by atoms with Crippen molar-refractivity contribution in [2.24, 2.45) is 11.8 Å². The normalized spacial score (nSPS) is 17.5. The smallest absolute Gasteiger partial charge is 0.509 e. The predicted octanol–water partition coefficient (Wildman–Crippen LogP) is 12.6. The van der Waals surface area contributed by atoms with Crippen molar-refractivity contribution in [1.29, 1.82) is 0 Å². The minimum Gasteiger partial charge on any atom is -0.509 e. The summed E-state index contributed by atoms with van der Waals surface area (Å²) in [7, 11) is 0. The van der Waals surface area contributed by atoms with Gasteiger partial charge in [0, 0.05) is 40.4 Å². The maximum absolute atomic E-state index is 6.74. The fourth-order valence-electron chi connectivity index (χ4n) is 8.53. The van der Waals surface area contributed by atoms with E-state index < -0.39 is 0 Å². The number of rotatable bonds is 11. The monoisotopic (exact) mass is 885 g/mol. The van der Waals surface area contributed by atoms with E-state index in [4.69, 9.17) is 14.8 Å². The molecule has 1 aliphatic rings. The van der Waals surface area contributed by atoms with Crippen molar-refractivity contribution in [2.75, 3.05) is 0 Å². The van der Waals surface area contributed by atoms with Crippen molar-refractivity contribution in [1.82, 2.24) is 19.3 Å². The molecule has 1 unspecified atom stereocenters. The van der Waals surface area contributed by atoms with E-state index in [0.717, 1.165) is 53.6 Å². The molecule has 0 spiro atoms. The fraction of sp³-hybridized carbons (Fsp3) is 0.404. The van der Waals surface area contributed by atoms with Crippen molar-refractivity contribution in [3.05, 3.63) is 119 Å². The van der Waals surface area contributed by atoms with E-state index in [2.05, 4.69) is 144 Å². The van der Waals surface area contributed by atoms with E-state index in [1.54, 1.807) is 0 Å². The molecular formula is C47H54N4OPt. The van der Waals surface area contributed by atoms with E-state index in [9.17, 15) is 0 Å². The van der Waals surface area contributed by atoms with Gasteiger partial charge in [-0.2, -0.15) is 11.2 Å². The first-order valence-corrected chi connectivity index (χ1v) is 19.5. The molecule has 0 saturated carbocycles. The van der Waals surface area contributed by atoms with E-state index in [1.165, 1.54) is 45.5 Å². The Morgan fingerprint density at radius 1 is 0.849 bits per heavy atom. The van der Waals surface area contributed by atoms with Gasteiger partial charge in [-0.3, -0.25) is 4.68 Å². The molecule has 0 saturated heterocycles. The van der Waals surface area contributed by atoms with Crippen LogP contribution in [-0.4, -0.2) is 19.3 Å². The predicted molar refractivity (Wildman–Crippen MR) is 215 cm³/mol. The number of ether oxygens (including phenoxy) is 1. The zero-order valence-electron chi connectivity index (χ0n) is 32.9. The first-order chi connectivity index (χ1) is 25.1. The largest absolute Gasteiger partial charge is 2.00 e. The van der Waals surface area contributed by atoms with Gasteiger partial charge >= 0.3 is 21.1 Å². The summed E-state index contributed by atoms with van der Waals surface area (Å²) in [4.78, 5) is 4.83. The summed E-state index contributed by atoms with van der Waals surface area (Å²) in [6.45, 7) is 20.6. The Morgan fingerprint density at radius 2 is 1.60 bits per heavy atom. The van der Waals surface area contributed by atoms with E-state index in [-0.39, 0.29) is 21.1 Å². The summed E-state index contributed by atoms with van der Waals surface area (Å²) in [6.07, 6.45) is 9.66. The van der Waals surface area contributed by atoms with Crippen LogP contribution in [0.3, 0.4) is 0 Å². The molecule has 3 atom stereocenters. The molecule has 1 aliphatic carbocycles.